The van der Waals surface area contributed by atoms with Crippen LogP contribution in [0.2, 0.25) is 0 Å². The van der Waals surface area contributed by atoms with Gasteiger partial charge in [0, 0.05) is 44.8 Å². The minimum atomic E-state index is 0.200. The highest BCUT2D eigenvalue weighted by Crippen LogP contribution is 2.28. The number of aryl methyl sites for hydroxylation is 2. The Bertz CT molecular complexity index is 561. The normalized spacial score (nSPS) is 23.2. The molecule has 2 aliphatic carbocycles. The van der Waals surface area contributed by atoms with Crippen LogP contribution in [0.4, 0.5) is 0 Å². The average Bonchev–Trinajstić information content (AvgIpc) is 3.18. The third kappa shape index (κ3) is 2.37. The Hall–Kier alpha value is -1.36. The van der Waals surface area contributed by atoms with Gasteiger partial charge in [0.2, 0.25) is 0 Å². The Morgan fingerprint density at radius 2 is 1.95 bits per heavy atom. The molecule has 114 valence electrons. The fraction of sp³-hybridized carbons (Fsp3) is 0.750. The van der Waals surface area contributed by atoms with Crippen LogP contribution >= 0.6 is 0 Å². The third-order valence-corrected chi connectivity index (χ3v) is 5.15. The fourth-order valence-electron chi connectivity index (χ4n) is 3.88. The summed E-state index contributed by atoms with van der Waals surface area (Å²) in [5.74, 6) is 0.200. The number of fused-ring (bicyclic) bond motifs is 1. The van der Waals surface area contributed by atoms with E-state index in [-0.39, 0.29) is 5.91 Å². The van der Waals surface area contributed by atoms with Crippen LogP contribution < -0.4 is 0 Å². The fourth-order valence-corrected chi connectivity index (χ4v) is 3.88. The maximum Gasteiger partial charge on any atom is 0.272 e. The number of hydrogen-bond donors (Lipinski definition) is 0. The molecule has 1 saturated heterocycles. The Balaban J connectivity index is 1.52. The van der Waals surface area contributed by atoms with E-state index < -0.39 is 0 Å². The highest BCUT2D eigenvalue weighted by atomic mass is 16.2. The lowest BCUT2D eigenvalue weighted by atomic mass is 10.1. The minimum absolute atomic E-state index is 0.200. The first-order valence-electron chi connectivity index (χ1n) is 8.32. The van der Waals surface area contributed by atoms with E-state index in [9.17, 15) is 4.79 Å². The molecular formula is C16H24N4O. The Labute approximate surface area is 125 Å². The molecule has 1 aliphatic heterocycles. The molecule has 3 aliphatic rings. The monoisotopic (exact) mass is 288 g/mol. The van der Waals surface area contributed by atoms with E-state index in [0.717, 1.165) is 69.3 Å². The molecule has 5 heteroatoms. The van der Waals surface area contributed by atoms with Crippen molar-refractivity contribution in [2.45, 2.75) is 44.6 Å². The summed E-state index contributed by atoms with van der Waals surface area (Å²) in [4.78, 5) is 17.6. The molecule has 0 unspecified atom stereocenters. The van der Waals surface area contributed by atoms with Crippen molar-refractivity contribution in [2.24, 2.45) is 7.05 Å². The molecule has 0 N–H and O–H groups in total. The van der Waals surface area contributed by atoms with Crippen molar-refractivity contribution in [2.75, 3.05) is 26.2 Å². The van der Waals surface area contributed by atoms with Crippen molar-refractivity contribution in [3.05, 3.63) is 17.0 Å². The lowest BCUT2D eigenvalue weighted by molar-refractivity contribution is 0.0748. The first kappa shape index (κ1) is 13.3. The summed E-state index contributed by atoms with van der Waals surface area (Å²) >= 11 is 0. The third-order valence-electron chi connectivity index (χ3n) is 5.15. The predicted octanol–water partition coefficient (Wildman–Crippen LogP) is 1.22. The van der Waals surface area contributed by atoms with Crippen molar-refractivity contribution in [1.82, 2.24) is 19.6 Å². The zero-order valence-corrected chi connectivity index (χ0v) is 12.8. The Morgan fingerprint density at radius 3 is 2.76 bits per heavy atom. The number of hydrogen-bond acceptors (Lipinski definition) is 3. The van der Waals surface area contributed by atoms with E-state index in [0.29, 0.717) is 0 Å². The zero-order valence-electron chi connectivity index (χ0n) is 12.8. The van der Waals surface area contributed by atoms with E-state index >= 15 is 0 Å². The largest absolute Gasteiger partial charge is 0.336 e. The van der Waals surface area contributed by atoms with Crippen LogP contribution in [-0.2, 0) is 19.9 Å². The molecule has 0 aromatic carbocycles. The molecule has 0 radical (unpaired) electrons. The summed E-state index contributed by atoms with van der Waals surface area (Å²) in [6, 6.07) is 0.806. The van der Waals surface area contributed by atoms with Crippen LogP contribution in [0.1, 0.15) is 47.4 Å². The van der Waals surface area contributed by atoms with Crippen molar-refractivity contribution < 1.29 is 4.79 Å². The maximum absolute atomic E-state index is 12.9. The molecular weight excluding hydrogens is 264 g/mol. The van der Waals surface area contributed by atoms with Crippen molar-refractivity contribution in [3.8, 4) is 0 Å². The van der Waals surface area contributed by atoms with Gasteiger partial charge in [-0.3, -0.25) is 14.4 Å². The van der Waals surface area contributed by atoms with Gasteiger partial charge < -0.3 is 4.90 Å². The SMILES string of the molecule is Cn1nc2c(c1C(=O)N1CCCN(C3CC3)CC1)CCC2. The van der Waals surface area contributed by atoms with Gasteiger partial charge in [-0.15, -0.1) is 0 Å². The number of nitrogens with zero attached hydrogens (tertiary/aromatic N) is 4. The molecule has 0 spiro atoms. The quantitative estimate of drug-likeness (QED) is 0.821. The predicted molar refractivity (Wildman–Crippen MR) is 80.3 cm³/mol. The van der Waals surface area contributed by atoms with E-state index in [1.165, 1.54) is 18.4 Å². The second-order valence-corrected chi connectivity index (χ2v) is 6.66. The van der Waals surface area contributed by atoms with Crippen molar-refractivity contribution in [1.29, 1.82) is 0 Å². The number of rotatable bonds is 2. The van der Waals surface area contributed by atoms with Gasteiger partial charge in [-0.2, -0.15) is 5.10 Å². The van der Waals surface area contributed by atoms with Crippen LogP contribution in [-0.4, -0.2) is 57.7 Å². The molecule has 0 atom stereocenters. The van der Waals surface area contributed by atoms with Crippen LogP contribution in [0.3, 0.4) is 0 Å². The molecule has 4 rings (SSSR count). The van der Waals surface area contributed by atoms with Gasteiger partial charge in [0.05, 0.1) is 5.69 Å². The first-order chi connectivity index (χ1) is 10.2. The van der Waals surface area contributed by atoms with E-state index in [1.54, 1.807) is 0 Å². The molecule has 2 heterocycles. The first-order valence-corrected chi connectivity index (χ1v) is 8.32. The highest BCUT2D eigenvalue weighted by Gasteiger charge is 2.33. The van der Waals surface area contributed by atoms with Gasteiger partial charge in [-0.25, -0.2) is 0 Å². The highest BCUT2D eigenvalue weighted by molar-refractivity contribution is 5.94. The summed E-state index contributed by atoms with van der Waals surface area (Å²) in [6.45, 7) is 3.95. The number of carbonyl (C=O) groups is 1. The van der Waals surface area contributed by atoms with Gasteiger partial charge >= 0.3 is 0 Å². The second-order valence-electron chi connectivity index (χ2n) is 6.66. The van der Waals surface area contributed by atoms with Gasteiger partial charge in [0.1, 0.15) is 5.69 Å². The summed E-state index contributed by atoms with van der Waals surface area (Å²) in [6.07, 6.45) is 7.00. The van der Waals surface area contributed by atoms with Crippen LogP contribution in [0, 0.1) is 0 Å². The van der Waals surface area contributed by atoms with Crippen LogP contribution in [0.15, 0.2) is 0 Å². The molecule has 1 amide bonds. The minimum Gasteiger partial charge on any atom is -0.336 e. The molecule has 2 fully saturated rings. The number of carbonyl (C=O) groups excluding carboxylic acids is 1. The lowest BCUT2D eigenvalue weighted by Gasteiger charge is -2.22. The lowest BCUT2D eigenvalue weighted by Crippen LogP contribution is -2.37. The second kappa shape index (κ2) is 5.13. The number of aromatic nitrogens is 2. The van der Waals surface area contributed by atoms with Crippen molar-refractivity contribution >= 4 is 5.91 Å². The molecule has 21 heavy (non-hydrogen) atoms. The van der Waals surface area contributed by atoms with Gasteiger partial charge in [0.15, 0.2) is 0 Å². The van der Waals surface area contributed by atoms with Gasteiger partial charge in [-0.05, 0) is 38.5 Å². The Morgan fingerprint density at radius 1 is 1.10 bits per heavy atom. The average molecular weight is 288 g/mol. The summed E-state index contributed by atoms with van der Waals surface area (Å²) < 4.78 is 1.82. The van der Waals surface area contributed by atoms with E-state index in [4.69, 9.17) is 0 Å². The molecule has 5 nitrogen and oxygen atoms in total. The van der Waals surface area contributed by atoms with Gasteiger partial charge in [-0.1, -0.05) is 0 Å². The van der Waals surface area contributed by atoms with Gasteiger partial charge in [0.25, 0.3) is 5.91 Å². The topological polar surface area (TPSA) is 41.4 Å². The summed E-state index contributed by atoms with van der Waals surface area (Å²) in [5, 5.41) is 4.54. The summed E-state index contributed by atoms with van der Waals surface area (Å²) in [5.41, 5.74) is 3.21. The van der Waals surface area contributed by atoms with E-state index in [1.807, 2.05) is 11.7 Å². The van der Waals surface area contributed by atoms with Crippen LogP contribution in [0.25, 0.3) is 0 Å². The molecule has 1 aromatic heterocycles. The van der Waals surface area contributed by atoms with Crippen molar-refractivity contribution in [3.63, 3.8) is 0 Å². The standard InChI is InChI=1S/C16H24N4O/c1-18-15(13-4-2-5-14(13)17-18)16(21)20-9-3-8-19(10-11-20)12-6-7-12/h12H,2-11H2,1H3. The molecule has 0 bridgehead atoms. The van der Waals surface area contributed by atoms with E-state index in [2.05, 4.69) is 14.9 Å². The number of amides is 1. The van der Waals surface area contributed by atoms with Crippen LogP contribution in [0.5, 0.6) is 0 Å². The Kier molecular flexibility index (Phi) is 3.25. The smallest absolute Gasteiger partial charge is 0.272 e. The maximum atomic E-state index is 12.9. The molecule has 1 aromatic rings. The zero-order chi connectivity index (χ0) is 14.4. The molecule has 1 saturated carbocycles. The summed E-state index contributed by atoms with van der Waals surface area (Å²) in [7, 11) is 1.92.